The number of benzene rings is 1. The lowest BCUT2D eigenvalue weighted by molar-refractivity contribution is -0.118. The maximum absolute atomic E-state index is 12.4. The Kier molecular flexibility index (Phi) is 5.02. The fourth-order valence-corrected chi connectivity index (χ4v) is 2.75. The molecule has 0 atom stereocenters. The standard InChI is InChI=1S/C14H16Cl2N2O2/c1-10(19)9-17-4-6-18(7-5-17)14(20)12-3-2-11(15)8-13(12)16/h2-3,8H,4-7,9H2,1H3. The molecule has 0 bridgehead atoms. The van der Waals surface area contributed by atoms with Crippen LogP contribution in [0.3, 0.4) is 0 Å². The molecule has 0 radical (unpaired) electrons. The third kappa shape index (κ3) is 3.72. The second-order valence-corrected chi connectivity index (χ2v) is 5.74. The van der Waals surface area contributed by atoms with E-state index in [4.69, 9.17) is 23.2 Å². The zero-order chi connectivity index (χ0) is 14.7. The molecular formula is C14H16Cl2N2O2. The number of nitrogens with zero attached hydrogens (tertiary/aromatic N) is 2. The van der Waals surface area contributed by atoms with Crippen molar-refractivity contribution in [2.45, 2.75) is 6.92 Å². The molecule has 1 fully saturated rings. The number of rotatable bonds is 3. The average molecular weight is 315 g/mol. The summed E-state index contributed by atoms with van der Waals surface area (Å²) >= 11 is 11.9. The number of hydrogen-bond acceptors (Lipinski definition) is 3. The van der Waals surface area contributed by atoms with Gasteiger partial charge in [-0.1, -0.05) is 23.2 Å². The predicted octanol–water partition coefficient (Wildman–Crippen LogP) is 2.34. The molecule has 0 unspecified atom stereocenters. The SMILES string of the molecule is CC(=O)CN1CCN(C(=O)c2ccc(Cl)cc2Cl)CC1. The van der Waals surface area contributed by atoms with Gasteiger partial charge in [0.1, 0.15) is 5.78 Å². The molecule has 0 N–H and O–H groups in total. The summed E-state index contributed by atoms with van der Waals surface area (Å²) in [6.45, 7) is 4.64. The molecule has 0 aromatic heterocycles. The number of Topliss-reactive ketones (excluding diaryl/α,β-unsaturated/α-hetero) is 1. The molecule has 2 rings (SSSR count). The molecule has 0 saturated carbocycles. The van der Waals surface area contributed by atoms with E-state index in [0.717, 1.165) is 0 Å². The van der Waals surface area contributed by atoms with Gasteiger partial charge in [-0.05, 0) is 25.1 Å². The van der Waals surface area contributed by atoms with Crippen molar-refractivity contribution >= 4 is 34.9 Å². The van der Waals surface area contributed by atoms with E-state index in [1.165, 1.54) is 0 Å². The maximum atomic E-state index is 12.4. The van der Waals surface area contributed by atoms with Crippen molar-refractivity contribution < 1.29 is 9.59 Å². The Bertz CT molecular complexity index is 526. The fraction of sp³-hybridized carbons (Fsp3) is 0.429. The monoisotopic (exact) mass is 314 g/mol. The minimum Gasteiger partial charge on any atom is -0.336 e. The molecule has 1 amide bonds. The molecule has 20 heavy (non-hydrogen) atoms. The molecule has 1 aromatic rings. The summed E-state index contributed by atoms with van der Waals surface area (Å²) in [5.41, 5.74) is 0.469. The zero-order valence-electron chi connectivity index (χ0n) is 11.2. The van der Waals surface area contributed by atoms with Gasteiger partial charge in [0.05, 0.1) is 17.1 Å². The molecule has 1 saturated heterocycles. The van der Waals surface area contributed by atoms with Crippen LogP contribution in [0.2, 0.25) is 10.0 Å². The summed E-state index contributed by atoms with van der Waals surface area (Å²) in [7, 11) is 0. The Morgan fingerprint density at radius 2 is 1.80 bits per heavy atom. The van der Waals surface area contributed by atoms with E-state index >= 15 is 0 Å². The van der Waals surface area contributed by atoms with Gasteiger partial charge in [0.15, 0.2) is 0 Å². The number of halogens is 2. The summed E-state index contributed by atoms with van der Waals surface area (Å²) in [5.74, 6) is 0.0552. The first-order chi connectivity index (χ1) is 9.47. The van der Waals surface area contributed by atoms with E-state index in [0.29, 0.717) is 48.3 Å². The first-order valence-corrected chi connectivity index (χ1v) is 7.19. The largest absolute Gasteiger partial charge is 0.336 e. The second-order valence-electron chi connectivity index (χ2n) is 4.89. The van der Waals surface area contributed by atoms with Crippen molar-refractivity contribution in [3.8, 4) is 0 Å². The third-order valence-corrected chi connectivity index (χ3v) is 3.82. The van der Waals surface area contributed by atoms with Crippen LogP contribution in [0.5, 0.6) is 0 Å². The molecule has 1 aliphatic heterocycles. The minimum atomic E-state index is -0.0888. The number of hydrogen-bond donors (Lipinski definition) is 0. The molecule has 108 valence electrons. The lowest BCUT2D eigenvalue weighted by Gasteiger charge is -2.34. The first-order valence-electron chi connectivity index (χ1n) is 6.43. The number of ketones is 1. The Morgan fingerprint density at radius 1 is 1.15 bits per heavy atom. The Morgan fingerprint density at radius 3 is 2.35 bits per heavy atom. The minimum absolute atomic E-state index is 0.0888. The first kappa shape index (κ1) is 15.3. The van der Waals surface area contributed by atoms with Crippen molar-refractivity contribution in [3.05, 3.63) is 33.8 Å². The summed E-state index contributed by atoms with van der Waals surface area (Å²) in [6.07, 6.45) is 0. The van der Waals surface area contributed by atoms with Crippen LogP contribution in [0.15, 0.2) is 18.2 Å². The van der Waals surface area contributed by atoms with Gasteiger partial charge in [0.25, 0.3) is 5.91 Å². The summed E-state index contributed by atoms with van der Waals surface area (Å²) < 4.78 is 0. The third-order valence-electron chi connectivity index (χ3n) is 3.27. The predicted molar refractivity (Wildman–Crippen MR) is 79.5 cm³/mol. The van der Waals surface area contributed by atoms with Gasteiger partial charge in [-0.25, -0.2) is 0 Å². The number of carbonyl (C=O) groups is 2. The van der Waals surface area contributed by atoms with Gasteiger partial charge >= 0.3 is 0 Å². The molecule has 0 spiro atoms. The fourth-order valence-electron chi connectivity index (χ4n) is 2.26. The van der Waals surface area contributed by atoms with Gasteiger partial charge in [-0.15, -0.1) is 0 Å². The van der Waals surface area contributed by atoms with E-state index in [-0.39, 0.29) is 11.7 Å². The van der Waals surface area contributed by atoms with Crippen LogP contribution in [0.25, 0.3) is 0 Å². The van der Waals surface area contributed by atoms with Gasteiger partial charge in [0, 0.05) is 31.2 Å². The molecule has 1 aliphatic rings. The van der Waals surface area contributed by atoms with Crippen LogP contribution in [0.1, 0.15) is 17.3 Å². The molecular weight excluding hydrogens is 299 g/mol. The van der Waals surface area contributed by atoms with Crippen LogP contribution < -0.4 is 0 Å². The van der Waals surface area contributed by atoms with Crippen LogP contribution in [0.4, 0.5) is 0 Å². The van der Waals surface area contributed by atoms with Crippen molar-refractivity contribution in [1.82, 2.24) is 9.80 Å². The molecule has 4 nitrogen and oxygen atoms in total. The lowest BCUT2D eigenvalue weighted by atomic mass is 10.1. The highest BCUT2D eigenvalue weighted by atomic mass is 35.5. The lowest BCUT2D eigenvalue weighted by Crippen LogP contribution is -2.49. The van der Waals surface area contributed by atoms with Gasteiger partial charge < -0.3 is 4.90 Å². The summed E-state index contributed by atoms with van der Waals surface area (Å²) in [4.78, 5) is 27.3. The quantitative estimate of drug-likeness (QED) is 0.860. The molecule has 0 aliphatic carbocycles. The van der Waals surface area contributed by atoms with Crippen LogP contribution >= 0.6 is 23.2 Å². The van der Waals surface area contributed by atoms with Crippen molar-refractivity contribution in [3.63, 3.8) is 0 Å². The highest BCUT2D eigenvalue weighted by molar-refractivity contribution is 6.36. The molecule has 1 heterocycles. The maximum Gasteiger partial charge on any atom is 0.255 e. The zero-order valence-corrected chi connectivity index (χ0v) is 12.7. The number of carbonyl (C=O) groups excluding carboxylic acids is 2. The van der Waals surface area contributed by atoms with Gasteiger partial charge in [-0.3, -0.25) is 14.5 Å². The van der Waals surface area contributed by atoms with Crippen molar-refractivity contribution in [2.75, 3.05) is 32.7 Å². The Hall–Kier alpha value is -1.10. The van der Waals surface area contributed by atoms with E-state index in [9.17, 15) is 9.59 Å². The highest BCUT2D eigenvalue weighted by Crippen LogP contribution is 2.22. The van der Waals surface area contributed by atoms with Crippen LogP contribution in [-0.2, 0) is 4.79 Å². The number of piperazine rings is 1. The summed E-state index contributed by atoms with van der Waals surface area (Å²) in [5, 5.41) is 0.881. The molecule has 6 heteroatoms. The van der Waals surface area contributed by atoms with Crippen molar-refractivity contribution in [1.29, 1.82) is 0 Å². The molecule has 1 aromatic carbocycles. The topological polar surface area (TPSA) is 40.6 Å². The van der Waals surface area contributed by atoms with Gasteiger partial charge in [0.2, 0.25) is 0 Å². The van der Waals surface area contributed by atoms with Crippen LogP contribution in [-0.4, -0.2) is 54.2 Å². The Labute approximate surface area is 128 Å². The van der Waals surface area contributed by atoms with E-state index in [1.807, 2.05) is 0 Å². The smallest absolute Gasteiger partial charge is 0.255 e. The van der Waals surface area contributed by atoms with Gasteiger partial charge in [-0.2, -0.15) is 0 Å². The normalized spacial score (nSPS) is 16.2. The van der Waals surface area contributed by atoms with E-state index < -0.39 is 0 Å². The summed E-state index contributed by atoms with van der Waals surface area (Å²) in [6, 6.07) is 4.88. The van der Waals surface area contributed by atoms with Crippen molar-refractivity contribution in [2.24, 2.45) is 0 Å². The van der Waals surface area contributed by atoms with E-state index in [1.54, 1.807) is 30.0 Å². The average Bonchev–Trinajstić information content (AvgIpc) is 2.38. The highest BCUT2D eigenvalue weighted by Gasteiger charge is 2.23. The van der Waals surface area contributed by atoms with E-state index in [2.05, 4.69) is 4.90 Å². The van der Waals surface area contributed by atoms with Crippen LogP contribution in [0, 0.1) is 0 Å². The Balaban J connectivity index is 1.99. The number of amides is 1. The second kappa shape index (κ2) is 6.57.